The second-order valence-electron chi connectivity index (χ2n) is 5.25. The number of hydrogen-bond donors (Lipinski definition) is 1. The number of nitrogens with two attached hydrogens (primary N) is 1. The van der Waals surface area contributed by atoms with E-state index in [9.17, 15) is 8.42 Å². The maximum absolute atomic E-state index is 12.2. The molecule has 2 heterocycles. The van der Waals surface area contributed by atoms with E-state index < -0.39 is 21.1 Å². The fraction of sp³-hybridized carbons (Fsp3) is 0.769. The highest BCUT2D eigenvalue weighted by Crippen LogP contribution is 2.33. The third kappa shape index (κ3) is 2.83. The molecule has 0 aliphatic carbocycles. The summed E-state index contributed by atoms with van der Waals surface area (Å²) in [5.74, 6) is 0.807. The summed E-state index contributed by atoms with van der Waals surface area (Å²) >= 11 is 0. The predicted molar refractivity (Wildman–Crippen MR) is 77.4 cm³/mol. The molecule has 0 bridgehead atoms. The van der Waals surface area contributed by atoms with Crippen LogP contribution in [0.25, 0.3) is 0 Å². The molecule has 0 saturated carbocycles. The van der Waals surface area contributed by atoms with Crippen LogP contribution >= 0.6 is 0 Å². The van der Waals surface area contributed by atoms with E-state index in [2.05, 4.69) is 5.10 Å². The van der Waals surface area contributed by atoms with Crippen LogP contribution in [-0.2, 0) is 16.4 Å². The first kappa shape index (κ1) is 15.3. The number of sulfone groups is 1. The molecule has 2 unspecified atom stereocenters. The first-order valence-electron chi connectivity index (χ1n) is 7.08. The van der Waals surface area contributed by atoms with Crippen LogP contribution in [0.5, 0.6) is 5.75 Å². The van der Waals surface area contributed by atoms with E-state index in [-0.39, 0.29) is 5.75 Å². The van der Waals surface area contributed by atoms with E-state index in [4.69, 9.17) is 10.5 Å². The standard InChI is InChI=1S/C13H23N3O3S/c1-3-7-16-13(10(19-2)9-15-16)12(14)11-6-4-5-8-20(11,17)18/h9,11-12H,3-8,14H2,1-2H3. The van der Waals surface area contributed by atoms with Crippen LogP contribution in [0.2, 0.25) is 0 Å². The minimum absolute atomic E-state index is 0.232. The number of rotatable bonds is 5. The van der Waals surface area contributed by atoms with Crippen molar-refractivity contribution in [2.45, 2.75) is 50.4 Å². The van der Waals surface area contributed by atoms with Gasteiger partial charge in [-0.3, -0.25) is 4.68 Å². The lowest BCUT2D eigenvalue weighted by Crippen LogP contribution is -2.39. The van der Waals surface area contributed by atoms with Gasteiger partial charge < -0.3 is 10.5 Å². The summed E-state index contributed by atoms with van der Waals surface area (Å²) in [6.07, 6.45) is 4.77. The Bertz CT molecular complexity index is 553. The zero-order chi connectivity index (χ0) is 14.8. The van der Waals surface area contributed by atoms with E-state index in [1.165, 1.54) is 0 Å². The second kappa shape index (κ2) is 6.13. The number of aryl methyl sites for hydroxylation is 1. The Kier molecular flexibility index (Phi) is 4.70. The SMILES string of the molecule is CCCn1ncc(OC)c1C(N)C1CCCCS1(=O)=O. The summed E-state index contributed by atoms with van der Waals surface area (Å²) in [6.45, 7) is 2.75. The number of methoxy groups -OCH3 is 1. The van der Waals surface area contributed by atoms with Gasteiger partial charge in [-0.15, -0.1) is 0 Å². The topological polar surface area (TPSA) is 87.2 Å². The molecule has 0 radical (unpaired) electrons. The smallest absolute Gasteiger partial charge is 0.161 e. The molecule has 20 heavy (non-hydrogen) atoms. The fourth-order valence-electron chi connectivity index (χ4n) is 2.82. The molecule has 1 aromatic rings. The Labute approximate surface area is 120 Å². The number of aromatic nitrogens is 2. The molecule has 0 spiro atoms. The van der Waals surface area contributed by atoms with Gasteiger partial charge in [-0.25, -0.2) is 8.42 Å². The molecule has 2 N–H and O–H groups in total. The molecule has 6 nitrogen and oxygen atoms in total. The molecule has 0 aromatic carbocycles. The molecule has 1 fully saturated rings. The zero-order valence-electron chi connectivity index (χ0n) is 12.1. The molecule has 2 atom stereocenters. The highest BCUT2D eigenvalue weighted by atomic mass is 32.2. The van der Waals surface area contributed by atoms with E-state index in [0.717, 1.165) is 19.3 Å². The lowest BCUT2D eigenvalue weighted by atomic mass is 10.0. The third-order valence-corrected chi connectivity index (χ3v) is 6.15. The summed E-state index contributed by atoms with van der Waals surface area (Å²) in [4.78, 5) is 0. The van der Waals surface area contributed by atoms with E-state index >= 15 is 0 Å². The van der Waals surface area contributed by atoms with Gasteiger partial charge >= 0.3 is 0 Å². The summed E-state index contributed by atoms with van der Waals surface area (Å²) in [5.41, 5.74) is 6.98. The molecule has 1 aliphatic heterocycles. The van der Waals surface area contributed by atoms with Crippen molar-refractivity contribution in [2.24, 2.45) is 5.73 Å². The van der Waals surface area contributed by atoms with Crippen molar-refractivity contribution in [1.82, 2.24) is 9.78 Å². The van der Waals surface area contributed by atoms with E-state index in [0.29, 0.717) is 24.4 Å². The van der Waals surface area contributed by atoms with Gasteiger partial charge in [0.15, 0.2) is 15.6 Å². The van der Waals surface area contributed by atoms with Gasteiger partial charge in [0.2, 0.25) is 0 Å². The van der Waals surface area contributed by atoms with Crippen LogP contribution in [-0.4, -0.2) is 36.3 Å². The molecule has 1 aromatic heterocycles. The first-order chi connectivity index (χ1) is 9.51. The van der Waals surface area contributed by atoms with Gasteiger partial charge in [0, 0.05) is 6.54 Å². The average Bonchev–Trinajstić information content (AvgIpc) is 2.81. The van der Waals surface area contributed by atoms with Gasteiger partial charge in [-0.05, 0) is 19.3 Å². The van der Waals surface area contributed by atoms with Crippen LogP contribution in [0.1, 0.15) is 44.3 Å². The minimum atomic E-state index is -3.13. The Morgan fingerprint density at radius 2 is 2.30 bits per heavy atom. The molecular weight excluding hydrogens is 278 g/mol. The van der Waals surface area contributed by atoms with Crippen LogP contribution in [0.3, 0.4) is 0 Å². The number of ether oxygens (including phenoxy) is 1. The van der Waals surface area contributed by atoms with Crippen molar-refractivity contribution in [3.05, 3.63) is 11.9 Å². The summed E-state index contributed by atoms with van der Waals surface area (Å²) in [5, 5.41) is 3.73. The van der Waals surface area contributed by atoms with Gasteiger partial charge in [-0.2, -0.15) is 5.10 Å². The van der Waals surface area contributed by atoms with Gasteiger partial charge in [0.25, 0.3) is 0 Å². The van der Waals surface area contributed by atoms with Gasteiger partial charge in [-0.1, -0.05) is 13.3 Å². The number of nitrogens with zero attached hydrogens (tertiary/aromatic N) is 2. The average molecular weight is 301 g/mol. The van der Waals surface area contributed by atoms with Crippen molar-refractivity contribution in [2.75, 3.05) is 12.9 Å². The van der Waals surface area contributed by atoms with Crippen molar-refractivity contribution in [3.63, 3.8) is 0 Å². The second-order valence-corrected chi connectivity index (χ2v) is 7.59. The first-order valence-corrected chi connectivity index (χ1v) is 8.79. The van der Waals surface area contributed by atoms with E-state index in [1.807, 2.05) is 6.92 Å². The summed E-state index contributed by atoms with van der Waals surface area (Å²) in [6, 6.07) is -0.579. The highest BCUT2D eigenvalue weighted by Gasteiger charge is 2.37. The minimum Gasteiger partial charge on any atom is -0.493 e. The molecule has 7 heteroatoms. The Balaban J connectivity index is 2.36. The lowest BCUT2D eigenvalue weighted by molar-refractivity contribution is 0.394. The molecular formula is C13H23N3O3S. The highest BCUT2D eigenvalue weighted by molar-refractivity contribution is 7.92. The molecule has 2 rings (SSSR count). The summed E-state index contributed by atoms with van der Waals surface area (Å²) in [7, 11) is -1.57. The van der Waals surface area contributed by atoms with Crippen LogP contribution in [0, 0.1) is 0 Å². The molecule has 114 valence electrons. The maximum Gasteiger partial charge on any atom is 0.161 e. The van der Waals surface area contributed by atoms with Gasteiger partial charge in [0.05, 0.1) is 36.0 Å². The van der Waals surface area contributed by atoms with Crippen molar-refractivity contribution < 1.29 is 13.2 Å². The predicted octanol–water partition coefficient (Wildman–Crippen LogP) is 1.27. The van der Waals surface area contributed by atoms with Gasteiger partial charge in [0.1, 0.15) is 0 Å². The number of hydrogen-bond acceptors (Lipinski definition) is 5. The Morgan fingerprint density at radius 1 is 1.55 bits per heavy atom. The Morgan fingerprint density at radius 3 is 2.90 bits per heavy atom. The maximum atomic E-state index is 12.2. The van der Waals surface area contributed by atoms with E-state index in [1.54, 1.807) is 18.0 Å². The largest absolute Gasteiger partial charge is 0.493 e. The normalized spacial score (nSPS) is 23.4. The lowest BCUT2D eigenvalue weighted by Gasteiger charge is -2.28. The Hall–Kier alpha value is -1.08. The molecule has 1 saturated heterocycles. The monoisotopic (exact) mass is 301 g/mol. The fourth-order valence-corrected chi connectivity index (χ4v) is 4.83. The van der Waals surface area contributed by atoms with Crippen molar-refractivity contribution >= 4 is 9.84 Å². The van der Waals surface area contributed by atoms with Crippen LogP contribution in [0.15, 0.2) is 6.20 Å². The van der Waals surface area contributed by atoms with Crippen molar-refractivity contribution in [3.8, 4) is 5.75 Å². The van der Waals surface area contributed by atoms with Crippen LogP contribution in [0.4, 0.5) is 0 Å². The quantitative estimate of drug-likeness (QED) is 0.885. The zero-order valence-corrected chi connectivity index (χ0v) is 12.9. The molecule has 0 amide bonds. The third-order valence-electron chi connectivity index (χ3n) is 3.85. The summed E-state index contributed by atoms with van der Waals surface area (Å²) < 4.78 is 31.5. The van der Waals surface area contributed by atoms with Crippen LogP contribution < -0.4 is 10.5 Å². The molecule has 1 aliphatic rings. The van der Waals surface area contributed by atoms with Crippen molar-refractivity contribution in [1.29, 1.82) is 0 Å².